The quantitative estimate of drug-likeness (QED) is 0.702. The third-order valence-corrected chi connectivity index (χ3v) is 5.12. The molecule has 1 fully saturated rings. The lowest BCUT2D eigenvalue weighted by molar-refractivity contribution is 0.153. The van der Waals surface area contributed by atoms with Crippen LogP contribution in [-0.2, 0) is 0 Å². The molecule has 0 amide bonds. The molecule has 1 saturated carbocycles. The van der Waals surface area contributed by atoms with Crippen LogP contribution in [-0.4, -0.2) is 11.2 Å². The van der Waals surface area contributed by atoms with E-state index in [4.69, 9.17) is 0 Å². The maximum atomic E-state index is 9.67. The molecule has 2 aliphatic carbocycles. The van der Waals surface area contributed by atoms with Crippen molar-refractivity contribution in [1.29, 1.82) is 0 Å². The zero-order valence-electron chi connectivity index (χ0n) is 10.1. The van der Waals surface area contributed by atoms with Gasteiger partial charge in [0, 0.05) is 0 Å². The summed E-state index contributed by atoms with van der Waals surface area (Å²) < 4.78 is 0. The van der Waals surface area contributed by atoms with E-state index >= 15 is 0 Å². The summed E-state index contributed by atoms with van der Waals surface area (Å²) in [4.78, 5) is 0. The number of rotatable bonds is 3. The van der Waals surface area contributed by atoms with Gasteiger partial charge in [0.15, 0.2) is 0 Å². The molecule has 0 aromatic carbocycles. The second-order valence-corrected chi connectivity index (χ2v) is 5.90. The number of aliphatic hydroxyl groups excluding tert-OH is 1. The van der Waals surface area contributed by atoms with Crippen LogP contribution < -0.4 is 0 Å². The molecule has 0 radical (unpaired) electrons. The predicted octanol–water partition coefficient (Wildman–Crippen LogP) is 3.31. The van der Waals surface area contributed by atoms with Gasteiger partial charge in [-0.15, -0.1) is 6.58 Å². The Kier molecular flexibility index (Phi) is 2.34. The van der Waals surface area contributed by atoms with Gasteiger partial charge in [0.1, 0.15) is 0 Å². The molecule has 1 nitrogen and oxygen atoms in total. The van der Waals surface area contributed by atoms with Gasteiger partial charge in [0.05, 0.1) is 6.10 Å². The maximum absolute atomic E-state index is 9.67. The van der Waals surface area contributed by atoms with Crippen molar-refractivity contribution in [3.05, 3.63) is 24.3 Å². The molecule has 0 aromatic rings. The standard InChI is InChI=1S/C14H22O/c1-5-12(15)9-11-8-10-6-7-14(11,4)13(10,2)3/h5,8,10,12,15H,1,6-7,9H2,2-4H3/t10?,12-,14?/m0/s1. The summed E-state index contributed by atoms with van der Waals surface area (Å²) in [5.41, 5.74) is 2.14. The number of aliphatic hydroxyl groups is 1. The van der Waals surface area contributed by atoms with Gasteiger partial charge in [-0.25, -0.2) is 0 Å². The fraction of sp³-hybridized carbons (Fsp3) is 0.714. The van der Waals surface area contributed by atoms with Crippen molar-refractivity contribution in [2.75, 3.05) is 0 Å². The second kappa shape index (κ2) is 3.21. The molecule has 0 saturated heterocycles. The number of fused-ring (bicyclic) bond motifs is 2. The van der Waals surface area contributed by atoms with Crippen LogP contribution in [0, 0.1) is 16.7 Å². The molecule has 2 bridgehead atoms. The van der Waals surface area contributed by atoms with Gasteiger partial charge in [0.25, 0.3) is 0 Å². The number of hydrogen-bond acceptors (Lipinski definition) is 1. The van der Waals surface area contributed by atoms with E-state index in [1.807, 2.05) is 0 Å². The van der Waals surface area contributed by atoms with Crippen LogP contribution >= 0.6 is 0 Å². The van der Waals surface area contributed by atoms with E-state index in [0.717, 1.165) is 12.3 Å². The van der Waals surface area contributed by atoms with Crippen LogP contribution in [0.25, 0.3) is 0 Å². The largest absolute Gasteiger partial charge is 0.389 e. The van der Waals surface area contributed by atoms with Gasteiger partial charge in [-0.1, -0.05) is 38.5 Å². The Bertz CT molecular complexity index is 313. The van der Waals surface area contributed by atoms with E-state index in [2.05, 4.69) is 33.4 Å². The van der Waals surface area contributed by atoms with E-state index in [-0.39, 0.29) is 6.10 Å². The molecular formula is C14H22O. The van der Waals surface area contributed by atoms with Gasteiger partial charge in [-0.3, -0.25) is 0 Å². The van der Waals surface area contributed by atoms with Crippen LogP contribution in [0.15, 0.2) is 24.3 Å². The molecule has 0 aliphatic heterocycles. The summed E-state index contributed by atoms with van der Waals surface area (Å²) in [7, 11) is 0. The fourth-order valence-corrected chi connectivity index (χ4v) is 3.43. The first-order valence-corrected chi connectivity index (χ1v) is 5.93. The van der Waals surface area contributed by atoms with Gasteiger partial charge in [-0.2, -0.15) is 0 Å². The van der Waals surface area contributed by atoms with Crippen molar-refractivity contribution in [3.8, 4) is 0 Å². The lowest BCUT2D eigenvalue weighted by Crippen LogP contribution is -2.31. The van der Waals surface area contributed by atoms with Crippen LogP contribution in [0.5, 0.6) is 0 Å². The summed E-state index contributed by atoms with van der Waals surface area (Å²) in [6.07, 6.45) is 7.06. The van der Waals surface area contributed by atoms with Crippen molar-refractivity contribution in [3.63, 3.8) is 0 Å². The van der Waals surface area contributed by atoms with Gasteiger partial charge in [-0.05, 0) is 36.0 Å². The average molecular weight is 206 g/mol. The maximum Gasteiger partial charge on any atom is 0.0755 e. The molecule has 1 heteroatoms. The minimum atomic E-state index is -0.372. The van der Waals surface area contributed by atoms with Gasteiger partial charge < -0.3 is 5.11 Å². The molecule has 0 heterocycles. The highest BCUT2D eigenvalue weighted by Crippen LogP contribution is 2.65. The molecule has 0 aromatic heterocycles. The lowest BCUT2D eigenvalue weighted by atomic mass is 9.66. The summed E-state index contributed by atoms with van der Waals surface area (Å²) in [5.74, 6) is 0.717. The average Bonchev–Trinajstić information content (AvgIpc) is 2.50. The summed E-state index contributed by atoms with van der Waals surface area (Å²) in [5, 5.41) is 9.67. The highest BCUT2D eigenvalue weighted by molar-refractivity contribution is 5.32. The monoisotopic (exact) mass is 206 g/mol. The third-order valence-electron chi connectivity index (χ3n) is 5.12. The first kappa shape index (κ1) is 10.9. The van der Waals surface area contributed by atoms with E-state index in [9.17, 15) is 5.11 Å². The Morgan fingerprint density at radius 2 is 2.27 bits per heavy atom. The second-order valence-electron chi connectivity index (χ2n) is 5.90. The fourth-order valence-electron chi connectivity index (χ4n) is 3.43. The van der Waals surface area contributed by atoms with E-state index < -0.39 is 0 Å². The van der Waals surface area contributed by atoms with E-state index in [0.29, 0.717) is 10.8 Å². The van der Waals surface area contributed by atoms with Crippen LogP contribution in [0.2, 0.25) is 0 Å². The molecule has 2 aliphatic rings. The Labute approximate surface area is 92.9 Å². The summed E-state index contributed by atoms with van der Waals surface area (Å²) in [6.45, 7) is 10.7. The zero-order chi connectivity index (χ0) is 11.3. The molecule has 84 valence electrons. The topological polar surface area (TPSA) is 20.2 Å². The Hall–Kier alpha value is -0.560. The Morgan fingerprint density at radius 1 is 1.60 bits per heavy atom. The summed E-state index contributed by atoms with van der Waals surface area (Å²) >= 11 is 0. The van der Waals surface area contributed by atoms with Crippen molar-refractivity contribution < 1.29 is 5.11 Å². The first-order valence-electron chi connectivity index (χ1n) is 5.93. The van der Waals surface area contributed by atoms with Crippen molar-refractivity contribution in [1.82, 2.24) is 0 Å². The lowest BCUT2D eigenvalue weighted by Gasteiger charge is -2.38. The molecular weight excluding hydrogens is 184 g/mol. The number of allylic oxidation sites excluding steroid dienone is 1. The first-order chi connectivity index (χ1) is 6.91. The normalized spacial score (nSPS) is 38.9. The van der Waals surface area contributed by atoms with E-state index in [1.165, 1.54) is 18.4 Å². The van der Waals surface area contributed by atoms with Gasteiger partial charge >= 0.3 is 0 Å². The minimum absolute atomic E-state index is 0.307. The van der Waals surface area contributed by atoms with Crippen LogP contribution in [0.3, 0.4) is 0 Å². The predicted molar refractivity (Wildman–Crippen MR) is 63.5 cm³/mol. The van der Waals surface area contributed by atoms with Gasteiger partial charge in [0.2, 0.25) is 0 Å². The van der Waals surface area contributed by atoms with Crippen molar-refractivity contribution in [2.24, 2.45) is 16.7 Å². The van der Waals surface area contributed by atoms with E-state index in [1.54, 1.807) is 6.08 Å². The smallest absolute Gasteiger partial charge is 0.0755 e. The zero-order valence-corrected chi connectivity index (χ0v) is 10.1. The van der Waals surface area contributed by atoms with Crippen LogP contribution in [0.4, 0.5) is 0 Å². The van der Waals surface area contributed by atoms with Crippen molar-refractivity contribution in [2.45, 2.75) is 46.1 Å². The molecule has 3 atom stereocenters. The minimum Gasteiger partial charge on any atom is -0.389 e. The van der Waals surface area contributed by atoms with Crippen LogP contribution in [0.1, 0.15) is 40.0 Å². The highest BCUT2D eigenvalue weighted by atomic mass is 16.3. The third kappa shape index (κ3) is 1.32. The Balaban J connectivity index is 2.23. The Morgan fingerprint density at radius 3 is 2.67 bits per heavy atom. The summed E-state index contributed by atoms with van der Waals surface area (Å²) in [6, 6.07) is 0. The molecule has 2 rings (SSSR count). The SMILES string of the molecule is C=C[C@H](O)CC1=CC2CCC1(C)C2(C)C. The molecule has 2 unspecified atom stereocenters. The molecule has 15 heavy (non-hydrogen) atoms. The molecule has 0 spiro atoms. The number of hydrogen-bond donors (Lipinski definition) is 1. The van der Waals surface area contributed by atoms with Crippen molar-refractivity contribution >= 4 is 0 Å². The molecule has 1 N–H and O–H groups in total. The highest BCUT2D eigenvalue weighted by Gasteiger charge is 2.56.